The van der Waals surface area contributed by atoms with Gasteiger partial charge in [0.15, 0.2) is 0 Å². The number of hydrogen-bond donors (Lipinski definition) is 1. The van der Waals surface area contributed by atoms with Crippen LogP contribution in [0, 0.1) is 0 Å². The number of aryl methyl sites for hydroxylation is 2. The lowest BCUT2D eigenvalue weighted by molar-refractivity contribution is -0.139. The van der Waals surface area contributed by atoms with Crippen LogP contribution in [0.5, 0.6) is 0 Å². The predicted molar refractivity (Wildman–Crippen MR) is 91.8 cm³/mol. The minimum atomic E-state index is -4.79. The van der Waals surface area contributed by atoms with Crippen molar-refractivity contribution in [1.82, 2.24) is 14.5 Å². The highest BCUT2D eigenvalue weighted by Gasteiger charge is 2.36. The highest BCUT2D eigenvalue weighted by Crippen LogP contribution is 2.33. The Morgan fingerprint density at radius 1 is 1.15 bits per heavy atom. The number of fused-ring (bicyclic) bond motifs is 1. The molecule has 146 valence electrons. The maximum absolute atomic E-state index is 13.0. The van der Waals surface area contributed by atoms with Crippen LogP contribution in [0.3, 0.4) is 0 Å². The molecule has 1 aromatic heterocycles. The first kappa shape index (κ1) is 19.6. The van der Waals surface area contributed by atoms with E-state index in [1.807, 2.05) is 0 Å². The van der Waals surface area contributed by atoms with Gasteiger partial charge in [0.2, 0.25) is 10.0 Å². The third kappa shape index (κ3) is 4.38. The van der Waals surface area contributed by atoms with Crippen molar-refractivity contribution in [3.05, 3.63) is 57.5 Å². The summed E-state index contributed by atoms with van der Waals surface area (Å²) in [7, 11) is -4.39. The highest BCUT2D eigenvalue weighted by atomic mass is 32.2. The van der Waals surface area contributed by atoms with Crippen molar-refractivity contribution in [2.45, 2.75) is 43.3 Å². The molecule has 0 atom stereocenters. The van der Waals surface area contributed by atoms with E-state index in [1.165, 1.54) is 12.1 Å². The number of rotatable bonds is 5. The van der Waals surface area contributed by atoms with E-state index in [0.29, 0.717) is 6.07 Å². The fraction of sp³-hybridized carbons (Fsp3) is 0.412. The van der Waals surface area contributed by atoms with Crippen molar-refractivity contribution in [3.63, 3.8) is 0 Å². The normalized spacial score (nSPS) is 14.8. The summed E-state index contributed by atoms with van der Waals surface area (Å²) in [5, 5.41) is 4.25. The molecule has 0 saturated heterocycles. The fourth-order valence-corrected chi connectivity index (χ4v) is 4.31. The third-order valence-electron chi connectivity index (χ3n) is 4.37. The molecule has 3 rings (SSSR count). The van der Waals surface area contributed by atoms with Gasteiger partial charge in [0, 0.05) is 12.6 Å². The van der Waals surface area contributed by atoms with Gasteiger partial charge in [0.25, 0.3) is 5.56 Å². The number of nitrogens with zero attached hydrogens (tertiary/aromatic N) is 2. The first-order chi connectivity index (χ1) is 12.7. The lowest BCUT2D eigenvalue weighted by Crippen LogP contribution is -2.34. The van der Waals surface area contributed by atoms with Gasteiger partial charge in [0.1, 0.15) is 0 Å². The summed E-state index contributed by atoms with van der Waals surface area (Å²) >= 11 is 0. The summed E-state index contributed by atoms with van der Waals surface area (Å²) in [5.41, 5.74) is 0.125. The zero-order valence-corrected chi connectivity index (χ0v) is 15.1. The Morgan fingerprint density at radius 3 is 2.59 bits per heavy atom. The third-order valence-corrected chi connectivity index (χ3v) is 5.89. The molecular weight excluding hydrogens is 383 g/mol. The molecule has 0 radical (unpaired) electrons. The van der Waals surface area contributed by atoms with E-state index in [0.717, 1.165) is 53.8 Å². The number of hydrogen-bond acceptors (Lipinski definition) is 4. The van der Waals surface area contributed by atoms with Gasteiger partial charge < -0.3 is 0 Å². The molecule has 2 aromatic rings. The van der Waals surface area contributed by atoms with Gasteiger partial charge in [-0.25, -0.2) is 17.8 Å². The molecule has 1 aliphatic carbocycles. The molecule has 0 spiro atoms. The Morgan fingerprint density at radius 2 is 1.85 bits per heavy atom. The Labute approximate surface area is 154 Å². The van der Waals surface area contributed by atoms with E-state index in [2.05, 4.69) is 9.82 Å². The second-order valence-corrected chi connectivity index (χ2v) is 8.01. The first-order valence-corrected chi connectivity index (χ1v) is 9.92. The van der Waals surface area contributed by atoms with E-state index in [-0.39, 0.29) is 18.6 Å². The number of aromatic nitrogens is 2. The Kier molecular flexibility index (Phi) is 5.38. The lowest BCUT2D eigenvalue weighted by atomic mass is 9.97. The number of nitrogens with one attached hydrogen (secondary N) is 1. The molecule has 0 saturated carbocycles. The van der Waals surface area contributed by atoms with Gasteiger partial charge in [-0.15, -0.1) is 0 Å². The highest BCUT2D eigenvalue weighted by molar-refractivity contribution is 7.89. The smallest absolute Gasteiger partial charge is 0.268 e. The van der Waals surface area contributed by atoms with Gasteiger partial charge >= 0.3 is 6.18 Å². The monoisotopic (exact) mass is 401 g/mol. The van der Waals surface area contributed by atoms with Crippen LogP contribution in [0.25, 0.3) is 0 Å². The second kappa shape index (κ2) is 7.43. The Bertz CT molecular complexity index is 1000. The van der Waals surface area contributed by atoms with Crippen LogP contribution < -0.4 is 10.3 Å². The van der Waals surface area contributed by atoms with Crippen molar-refractivity contribution in [2.24, 2.45) is 0 Å². The van der Waals surface area contributed by atoms with Gasteiger partial charge in [-0.1, -0.05) is 12.1 Å². The molecule has 1 heterocycles. The standard InChI is InChI=1S/C17H18F3N3O3S/c18-17(19,20)13-6-2-4-8-15(13)27(25,26)21-9-10-23-16(24)11-12-5-1-3-7-14(12)22-23/h2,4,6,8,11,21H,1,3,5,7,9-10H2. The molecule has 1 N–H and O–H groups in total. The van der Waals surface area contributed by atoms with E-state index in [9.17, 15) is 26.4 Å². The van der Waals surface area contributed by atoms with Crippen LogP contribution in [0.15, 0.2) is 40.0 Å². The largest absolute Gasteiger partial charge is 0.417 e. The van der Waals surface area contributed by atoms with Crippen LogP contribution in [-0.4, -0.2) is 24.7 Å². The van der Waals surface area contributed by atoms with Crippen molar-refractivity contribution in [1.29, 1.82) is 0 Å². The van der Waals surface area contributed by atoms with Gasteiger partial charge in [-0.3, -0.25) is 4.79 Å². The number of sulfonamides is 1. The molecule has 1 aliphatic rings. The quantitative estimate of drug-likeness (QED) is 0.832. The number of benzene rings is 1. The van der Waals surface area contributed by atoms with Crippen molar-refractivity contribution >= 4 is 10.0 Å². The average molecular weight is 401 g/mol. The van der Waals surface area contributed by atoms with Gasteiger partial charge in [-0.05, 0) is 43.4 Å². The fourth-order valence-electron chi connectivity index (χ4n) is 3.06. The minimum Gasteiger partial charge on any atom is -0.268 e. The Hall–Kier alpha value is -2.20. The van der Waals surface area contributed by atoms with Crippen LogP contribution in [0.2, 0.25) is 0 Å². The summed E-state index contributed by atoms with van der Waals surface area (Å²) in [6.45, 7) is -0.320. The van der Waals surface area contributed by atoms with Crippen molar-refractivity contribution < 1.29 is 21.6 Å². The molecule has 0 unspecified atom stereocenters. The molecule has 6 nitrogen and oxygen atoms in total. The van der Waals surface area contributed by atoms with E-state index in [4.69, 9.17) is 0 Å². The molecule has 10 heteroatoms. The van der Waals surface area contributed by atoms with Crippen molar-refractivity contribution in [2.75, 3.05) is 6.54 Å². The summed E-state index contributed by atoms with van der Waals surface area (Å²) in [5.74, 6) is 0. The SMILES string of the molecule is O=c1cc2c(nn1CCNS(=O)(=O)c1ccccc1C(F)(F)F)CCCC2. The topological polar surface area (TPSA) is 81.1 Å². The van der Waals surface area contributed by atoms with E-state index < -0.39 is 26.7 Å². The average Bonchev–Trinajstić information content (AvgIpc) is 2.61. The lowest BCUT2D eigenvalue weighted by Gasteiger charge is -2.16. The molecule has 0 bridgehead atoms. The van der Waals surface area contributed by atoms with E-state index in [1.54, 1.807) is 0 Å². The zero-order chi connectivity index (χ0) is 19.7. The Balaban J connectivity index is 1.75. The molecule has 27 heavy (non-hydrogen) atoms. The van der Waals surface area contributed by atoms with Crippen LogP contribution in [-0.2, 0) is 35.6 Å². The number of alkyl halides is 3. The summed E-state index contributed by atoms with van der Waals surface area (Å²) in [6, 6.07) is 5.45. The van der Waals surface area contributed by atoms with Gasteiger partial charge in [-0.2, -0.15) is 18.3 Å². The zero-order valence-electron chi connectivity index (χ0n) is 14.3. The van der Waals surface area contributed by atoms with Crippen LogP contribution >= 0.6 is 0 Å². The van der Waals surface area contributed by atoms with Crippen LogP contribution in [0.1, 0.15) is 29.7 Å². The predicted octanol–water partition coefficient (Wildman–Crippen LogP) is 2.12. The summed E-state index contributed by atoms with van der Waals surface area (Å²) in [6.07, 6.45) is -1.28. The summed E-state index contributed by atoms with van der Waals surface area (Å²) in [4.78, 5) is 11.2. The van der Waals surface area contributed by atoms with Crippen molar-refractivity contribution in [3.8, 4) is 0 Å². The van der Waals surface area contributed by atoms with E-state index >= 15 is 0 Å². The molecular formula is C17H18F3N3O3S. The van der Waals surface area contributed by atoms with Gasteiger partial charge in [0.05, 0.1) is 22.7 Å². The minimum absolute atomic E-state index is 0.0699. The first-order valence-electron chi connectivity index (χ1n) is 8.44. The second-order valence-electron chi connectivity index (χ2n) is 6.28. The molecule has 0 aliphatic heterocycles. The number of halogens is 3. The molecule has 0 fully saturated rings. The van der Waals surface area contributed by atoms with Crippen LogP contribution in [0.4, 0.5) is 13.2 Å². The maximum atomic E-state index is 13.0. The molecule has 0 amide bonds. The summed E-state index contributed by atoms with van der Waals surface area (Å²) < 4.78 is 66.9. The maximum Gasteiger partial charge on any atom is 0.417 e. The molecule has 1 aromatic carbocycles.